The van der Waals surface area contributed by atoms with Crippen molar-refractivity contribution in [2.45, 2.75) is 0 Å². The Morgan fingerprint density at radius 2 is 1.71 bits per heavy atom. The third-order valence-electron chi connectivity index (χ3n) is 1.69. The number of hydrogen-bond acceptors (Lipinski definition) is 3. The van der Waals surface area contributed by atoms with Gasteiger partial charge in [-0.05, 0) is 18.2 Å². The highest BCUT2D eigenvalue weighted by Gasteiger charge is 2.05. The maximum atomic E-state index is 5.44. The predicted octanol–water partition coefficient (Wildman–Crippen LogP) is 3.45. The molecule has 1 heterocycles. The number of rotatable bonds is 1. The molecule has 1 aromatic carbocycles. The lowest BCUT2D eigenvalue weighted by atomic mass is 10.2. The summed E-state index contributed by atoms with van der Waals surface area (Å²) in [6.45, 7) is 0. The Labute approximate surface area is 97.5 Å². The summed E-state index contributed by atoms with van der Waals surface area (Å²) < 4.78 is 6.75. The van der Waals surface area contributed by atoms with Crippen LogP contribution < -0.4 is 5.73 Å². The molecule has 0 saturated heterocycles. The molecule has 0 aliphatic carbocycles. The topological polar surface area (TPSA) is 52.0 Å². The van der Waals surface area contributed by atoms with E-state index in [1.807, 2.05) is 18.2 Å². The molecule has 3 nitrogen and oxygen atoms in total. The molecule has 0 atom stereocenters. The van der Waals surface area contributed by atoms with E-state index in [1.165, 1.54) is 0 Å². The number of aromatic nitrogens is 1. The minimum absolute atomic E-state index is 0.316. The van der Waals surface area contributed by atoms with Crippen LogP contribution in [0.5, 0.6) is 0 Å². The van der Waals surface area contributed by atoms with Crippen LogP contribution in [0.1, 0.15) is 0 Å². The van der Waals surface area contributed by atoms with Crippen LogP contribution in [-0.4, -0.2) is 5.16 Å². The van der Waals surface area contributed by atoms with Crippen molar-refractivity contribution in [3.05, 3.63) is 33.2 Å². The molecule has 2 N–H and O–H groups in total. The second kappa shape index (κ2) is 3.74. The van der Waals surface area contributed by atoms with Crippen LogP contribution in [0.15, 0.2) is 37.7 Å². The normalized spacial score (nSPS) is 10.4. The minimum Gasteiger partial charge on any atom is -0.368 e. The van der Waals surface area contributed by atoms with Gasteiger partial charge in [-0.15, -0.1) is 0 Å². The first-order valence-corrected chi connectivity index (χ1v) is 5.42. The van der Waals surface area contributed by atoms with Crippen LogP contribution in [0.25, 0.3) is 11.3 Å². The van der Waals surface area contributed by atoms with Crippen molar-refractivity contribution >= 4 is 37.7 Å². The van der Waals surface area contributed by atoms with Gasteiger partial charge in [-0.25, -0.2) is 0 Å². The highest BCUT2D eigenvalue weighted by molar-refractivity contribution is 9.11. The van der Waals surface area contributed by atoms with E-state index in [-0.39, 0.29) is 0 Å². The molecule has 0 aliphatic rings. The summed E-state index contributed by atoms with van der Waals surface area (Å²) in [4.78, 5) is 0. The second-order valence-corrected chi connectivity index (χ2v) is 4.60. The first-order chi connectivity index (χ1) is 6.65. The zero-order valence-electron chi connectivity index (χ0n) is 7.00. The maximum Gasteiger partial charge on any atom is 0.222 e. The lowest BCUT2D eigenvalue weighted by molar-refractivity contribution is 0.439. The summed E-state index contributed by atoms with van der Waals surface area (Å²) in [5, 5.41) is 3.83. The highest BCUT2D eigenvalue weighted by Crippen LogP contribution is 2.27. The summed E-state index contributed by atoms with van der Waals surface area (Å²) in [6, 6.07) is 7.53. The number of benzene rings is 1. The van der Waals surface area contributed by atoms with Crippen LogP contribution in [0, 0.1) is 0 Å². The largest absolute Gasteiger partial charge is 0.368 e. The molecule has 1 aromatic heterocycles. The third-order valence-corrected chi connectivity index (χ3v) is 2.60. The van der Waals surface area contributed by atoms with Crippen molar-refractivity contribution < 1.29 is 4.52 Å². The van der Waals surface area contributed by atoms with Gasteiger partial charge in [-0.1, -0.05) is 37.0 Å². The quantitative estimate of drug-likeness (QED) is 0.876. The van der Waals surface area contributed by atoms with Crippen LogP contribution >= 0.6 is 31.9 Å². The maximum absolute atomic E-state index is 5.44. The van der Waals surface area contributed by atoms with Crippen LogP contribution in [-0.2, 0) is 0 Å². The molecule has 5 heteroatoms. The van der Waals surface area contributed by atoms with Gasteiger partial charge in [-0.3, -0.25) is 0 Å². The molecular formula is C9H6Br2N2O. The Kier molecular flexibility index (Phi) is 2.60. The Hall–Kier alpha value is -0.810. The molecule has 0 unspecified atom stereocenters. The van der Waals surface area contributed by atoms with Crippen molar-refractivity contribution in [1.29, 1.82) is 0 Å². The molecule has 2 rings (SSSR count). The summed E-state index contributed by atoms with van der Waals surface area (Å²) >= 11 is 6.79. The number of anilines is 1. The third kappa shape index (κ3) is 1.99. The molecule has 72 valence electrons. The average molecular weight is 318 g/mol. The van der Waals surface area contributed by atoms with E-state index in [2.05, 4.69) is 37.0 Å². The van der Waals surface area contributed by atoms with Crippen LogP contribution in [0.4, 0.5) is 5.88 Å². The van der Waals surface area contributed by atoms with Gasteiger partial charge in [0.15, 0.2) is 0 Å². The van der Waals surface area contributed by atoms with Crippen molar-refractivity contribution in [2.75, 3.05) is 5.73 Å². The fourth-order valence-corrected chi connectivity index (χ4v) is 2.42. The zero-order valence-corrected chi connectivity index (χ0v) is 10.2. The lowest BCUT2D eigenvalue weighted by Crippen LogP contribution is -1.78. The van der Waals surface area contributed by atoms with Gasteiger partial charge in [0, 0.05) is 20.6 Å². The average Bonchev–Trinajstić information content (AvgIpc) is 2.50. The SMILES string of the molecule is Nc1cc(-c2cc(Br)cc(Br)c2)no1. The van der Waals surface area contributed by atoms with Gasteiger partial charge < -0.3 is 10.3 Å². The van der Waals surface area contributed by atoms with E-state index in [0.717, 1.165) is 20.2 Å². The predicted molar refractivity (Wildman–Crippen MR) is 61.8 cm³/mol. The van der Waals surface area contributed by atoms with Crippen molar-refractivity contribution in [3.63, 3.8) is 0 Å². The van der Waals surface area contributed by atoms with Crippen molar-refractivity contribution in [1.82, 2.24) is 5.16 Å². The molecule has 0 spiro atoms. The lowest BCUT2D eigenvalue weighted by Gasteiger charge is -1.98. The first kappa shape index (κ1) is 9.73. The van der Waals surface area contributed by atoms with E-state index in [9.17, 15) is 0 Å². The molecule has 2 aromatic rings. The summed E-state index contributed by atoms with van der Waals surface area (Å²) in [7, 11) is 0. The fraction of sp³-hybridized carbons (Fsp3) is 0. The van der Waals surface area contributed by atoms with Crippen LogP contribution in [0.2, 0.25) is 0 Å². The van der Waals surface area contributed by atoms with E-state index < -0.39 is 0 Å². The second-order valence-electron chi connectivity index (χ2n) is 2.77. The smallest absolute Gasteiger partial charge is 0.222 e. The molecule has 0 amide bonds. The number of halogens is 2. The van der Waals surface area contributed by atoms with Gasteiger partial charge in [0.25, 0.3) is 0 Å². The number of nitrogen functional groups attached to an aromatic ring is 1. The van der Waals surface area contributed by atoms with Gasteiger partial charge in [-0.2, -0.15) is 0 Å². The molecule has 0 fully saturated rings. The number of hydrogen-bond donors (Lipinski definition) is 1. The zero-order chi connectivity index (χ0) is 10.1. The molecular weight excluding hydrogens is 312 g/mol. The highest BCUT2D eigenvalue weighted by atomic mass is 79.9. The van der Waals surface area contributed by atoms with Gasteiger partial charge >= 0.3 is 0 Å². The standard InChI is InChI=1S/C9H6Br2N2O/c10-6-1-5(2-7(11)3-6)8-4-9(12)14-13-8/h1-4H,12H2. The number of nitrogens with zero attached hydrogens (tertiary/aromatic N) is 1. The Morgan fingerprint density at radius 1 is 1.07 bits per heavy atom. The molecule has 0 radical (unpaired) electrons. The van der Waals surface area contributed by atoms with E-state index in [1.54, 1.807) is 6.07 Å². The van der Waals surface area contributed by atoms with Crippen molar-refractivity contribution in [2.24, 2.45) is 0 Å². The summed E-state index contributed by atoms with van der Waals surface area (Å²) in [5.74, 6) is 0.316. The molecule has 0 saturated carbocycles. The van der Waals surface area contributed by atoms with E-state index >= 15 is 0 Å². The van der Waals surface area contributed by atoms with Crippen molar-refractivity contribution in [3.8, 4) is 11.3 Å². The Morgan fingerprint density at radius 3 is 2.21 bits per heavy atom. The Bertz CT molecular complexity index is 447. The van der Waals surface area contributed by atoms with Gasteiger partial charge in [0.1, 0.15) is 5.69 Å². The fourth-order valence-electron chi connectivity index (χ4n) is 1.13. The summed E-state index contributed by atoms with van der Waals surface area (Å²) in [6.07, 6.45) is 0. The number of nitrogens with two attached hydrogens (primary N) is 1. The molecule has 0 bridgehead atoms. The summed E-state index contributed by atoms with van der Waals surface area (Å²) in [5.41, 5.74) is 7.12. The van der Waals surface area contributed by atoms with E-state index in [0.29, 0.717) is 5.88 Å². The Balaban J connectivity index is 2.51. The molecule has 0 aliphatic heterocycles. The monoisotopic (exact) mass is 316 g/mol. The van der Waals surface area contributed by atoms with Crippen LogP contribution in [0.3, 0.4) is 0 Å². The van der Waals surface area contributed by atoms with Gasteiger partial charge in [0.05, 0.1) is 0 Å². The molecule has 14 heavy (non-hydrogen) atoms. The van der Waals surface area contributed by atoms with Gasteiger partial charge in [0.2, 0.25) is 5.88 Å². The minimum atomic E-state index is 0.316. The first-order valence-electron chi connectivity index (χ1n) is 3.84. The van der Waals surface area contributed by atoms with E-state index in [4.69, 9.17) is 10.3 Å².